The first-order chi connectivity index (χ1) is 43.2. The van der Waals surface area contributed by atoms with Gasteiger partial charge in [-0.15, -0.1) is 56.7 Å². The molecule has 0 saturated carbocycles. The molecule has 9 aromatic rings. The summed E-state index contributed by atoms with van der Waals surface area (Å²) in [5.41, 5.74) is 7.28. The molecule has 12 N–H and O–H groups in total. The molecule has 1 unspecified atom stereocenters. The third-order valence-corrected chi connectivity index (χ3v) is 19.5. The van der Waals surface area contributed by atoms with Gasteiger partial charge in [-0.2, -0.15) is 0 Å². The molecule has 12 bridgehead atoms. The number of aromatic nitrogens is 7. The van der Waals surface area contributed by atoms with Crippen molar-refractivity contribution in [3.63, 3.8) is 0 Å². The van der Waals surface area contributed by atoms with Crippen LogP contribution in [0, 0.1) is 12.7 Å². The highest BCUT2D eigenvalue weighted by molar-refractivity contribution is 8.14. The molecule has 90 heavy (non-hydrogen) atoms. The number of ether oxygens (including phenoxy) is 1. The van der Waals surface area contributed by atoms with Crippen molar-refractivity contribution < 1.29 is 62.8 Å². The van der Waals surface area contributed by atoms with E-state index in [1.807, 2.05) is 0 Å². The van der Waals surface area contributed by atoms with Crippen molar-refractivity contribution in [2.75, 3.05) is 17.6 Å². The van der Waals surface area contributed by atoms with Crippen LogP contribution < -0.4 is 37.6 Å². The summed E-state index contributed by atoms with van der Waals surface area (Å²) in [5, 5.41) is 58.4. The molecule has 0 saturated heterocycles. The summed E-state index contributed by atoms with van der Waals surface area (Å²) in [5.74, 6) is -7.23. The zero-order valence-corrected chi connectivity index (χ0v) is 51.9. The van der Waals surface area contributed by atoms with Gasteiger partial charge in [-0.3, -0.25) is 33.6 Å². The molecule has 6 amide bonds. The number of hydrogen-bond donors (Lipinski definition) is 11. The highest BCUT2D eigenvalue weighted by Gasteiger charge is 2.34. The minimum atomic E-state index is -1.85. The minimum absolute atomic E-state index is 0.0116. The fraction of sp³-hybridized carbons (Fsp3) is 0.228. The number of benzene rings is 2. The molecule has 6 atom stereocenters. The van der Waals surface area contributed by atoms with E-state index in [9.17, 15) is 58.1 Å². The van der Waals surface area contributed by atoms with Crippen LogP contribution in [0.5, 0.6) is 5.75 Å². The van der Waals surface area contributed by atoms with Gasteiger partial charge < -0.3 is 62.7 Å². The normalized spacial score (nSPS) is 18.9. The van der Waals surface area contributed by atoms with Gasteiger partial charge in [-0.05, 0) is 62.2 Å². The van der Waals surface area contributed by atoms with Gasteiger partial charge in [0.1, 0.15) is 95.2 Å². The van der Waals surface area contributed by atoms with Crippen molar-refractivity contribution in [3.8, 4) is 38.4 Å². The van der Waals surface area contributed by atoms with Gasteiger partial charge in [0.05, 0.1) is 29.6 Å². The summed E-state index contributed by atoms with van der Waals surface area (Å²) in [7, 11) is 0. The molecule has 11 rings (SSSR count). The number of carbonyl (C=O) groups is 8. The molecule has 2 aliphatic heterocycles. The summed E-state index contributed by atoms with van der Waals surface area (Å²) in [6, 6.07) is 6.71. The van der Waals surface area contributed by atoms with Gasteiger partial charge >= 0.3 is 5.97 Å². The van der Waals surface area contributed by atoms with E-state index in [0.29, 0.717) is 27.7 Å². The summed E-state index contributed by atoms with van der Waals surface area (Å²) < 4.78 is 19.5. The number of hydrogen-bond acceptors (Lipinski definition) is 25. The lowest BCUT2D eigenvalue weighted by Gasteiger charge is -2.21. The number of aryl methyl sites for hydroxylation is 1. The second-order valence-electron chi connectivity index (χ2n) is 20.2. The Morgan fingerprint density at radius 1 is 0.800 bits per heavy atom. The van der Waals surface area contributed by atoms with Crippen LogP contribution in [0.4, 0.5) is 10.1 Å². The topological polar surface area (TPSA) is 398 Å². The van der Waals surface area contributed by atoms with E-state index in [2.05, 4.69) is 56.8 Å². The third kappa shape index (κ3) is 13.4. The molecule has 2 aliphatic rings. The molecule has 0 fully saturated rings. The Morgan fingerprint density at radius 2 is 1.46 bits per heavy atom. The maximum atomic E-state index is 14.6. The van der Waals surface area contributed by atoms with E-state index in [0.717, 1.165) is 68.4 Å². The average Bonchev–Trinajstić information content (AvgIpc) is 1.59. The number of nitrogens with two attached hydrogens (primary N) is 1. The molecule has 0 aliphatic carbocycles. The van der Waals surface area contributed by atoms with Gasteiger partial charge in [0.2, 0.25) is 16.9 Å². The van der Waals surface area contributed by atoms with Gasteiger partial charge in [0.25, 0.3) is 23.6 Å². The number of halogens is 1. The number of amides is 6. The molecule has 26 nitrogen and oxygen atoms in total. The number of thioether (sulfide) groups is 1. The number of rotatable bonds is 8. The predicted molar refractivity (Wildman–Crippen MR) is 334 cm³/mol. The average molecular weight is 1330 g/mol. The second-order valence-corrected chi connectivity index (χ2v) is 25.5. The van der Waals surface area contributed by atoms with Crippen molar-refractivity contribution in [3.05, 3.63) is 142 Å². The number of thiazole rings is 5. The standard InChI is InChI=1S/C57H49FN14O12S6/c1-4-28-52-68-33(18-87-52)46(77)63-30-13-39(75)56(82)84-15-24-7-5-10-29-40(24)22(2)41(61-29)57(83)90-21-37(65-48(79)34-19-88-53(30)69-34)54-66-32(16-86-54)43-27(51-67-36(17-85-51)49(80)72-42(23(3)73)50(81)62-28)12-38(74)44(71-43)55-70-35(20-89-55)47(78)64-31(45(59)76)14-60-26-9-6-8-25(58)11-26/h4-12,16-20,23,30-31,37,39,42,60-61,73-75H,13-15,21H2,1-3H3,(H2,59,76)(H,62,81)(H,63,77)(H,64,78)(H,65,79)(H,72,80)/b28-4-/t23-,30+,31?,37+,39-,42+/m1/s1. The number of anilines is 1. The Hall–Kier alpha value is -9.22. The molecular formula is C57H49FN14O12S6. The van der Waals surface area contributed by atoms with E-state index in [4.69, 9.17) is 20.4 Å². The maximum absolute atomic E-state index is 14.6. The Morgan fingerprint density at radius 3 is 2.19 bits per heavy atom. The van der Waals surface area contributed by atoms with Gasteiger partial charge in [0, 0.05) is 67.8 Å². The number of carbonyl (C=O) groups excluding carboxylic acids is 8. The Balaban J connectivity index is 1.01. The summed E-state index contributed by atoms with van der Waals surface area (Å²) >= 11 is 5.67. The third-order valence-electron chi connectivity index (χ3n) is 14.0. The smallest absolute Gasteiger partial charge is 0.335 e. The van der Waals surface area contributed by atoms with Crippen LogP contribution >= 0.6 is 68.4 Å². The Labute approximate surface area is 532 Å². The molecule has 2 aromatic carbocycles. The lowest BCUT2D eigenvalue weighted by molar-refractivity contribution is -0.155. The number of esters is 1. The molecule has 7 aromatic heterocycles. The van der Waals surface area contributed by atoms with Crippen LogP contribution in [0.15, 0.2) is 81.5 Å². The van der Waals surface area contributed by atoms with Crippen molar-refractivity contribution >= 4 is 137 Å². The van der Waals surface area contributed by atoms with Crippen molar-refractivity contribution in [2.45, 2.75) is 70.2 Å². The van der Waals surface area contributed by atoms with E-state index in [1.54, 1.807) is 43.5 Å². The summed E-state index contributed by atoms with van der Waals surface area (Å²) in [6.07, 6.45) is -2.34. The summed E-state index contributed by atoms with van der Waals surface area (Å²) in [4.78, 5) is 142. The zero-order valence-electron chi connectivity index (χ0n) is 47.0. The van der Waals surface area contributed by atoms with Crippen molar-refractivity contribution in [1.82, 2.24) is 61.5 Å². The fourth-order valence-electron chi connectivity index (χ4n) is 9.45. The molecule has 0 spiro atoms. The minimum Gasteiger partial charge on any atom is -0.506 e. The number of primary amides is 1. The molecular weight excluding hydrogens is 1280 g/mol. The van der Waals surface area contributed by atoms with Gasteiger partial charge in [-0.25, -0.2) is 39.1 Å². The Bertz CT molecular complexity index is 4380. The number of aromatic hydroxyl groups is 1. The number of cyclic esters (lactones) is 1. The first-order valence-electron chi connectivity index (χ1n) is 27.0. The van der Waals surface area contributed by atoms with Crippen molar-refractivity contribution in [2.24, 2.45) is 5.73 Å². The first kappa shape index (κ1) is 62.4. The number of aliphatic hydroxyl groups is 2. The van der Waals surface area contributed by atoms with Crippen LogP contribution in [-0.2, 0) is 25.7 Å². The Kier molecular flexibility index (Phi) is 18.3. The number of H-pyrrole nitrogens is 1. The number of nitrogens with zero attached hydrogens (tertiary/aromatic N) is 6. The number of aromatic amines is 1. The lowest BCUT2D eigenvalue weighted by Crippen LogP contribution is -2.52. The van der Waals surface area contributed by atoms with Crippen molar-refractivity contribution in [1.29, 1.82) is 0 Å². The molecule has 9 heterocycles. The van der Waals surface area contributed by atoms with Crippen LogP contribution in [0.3, 0.4) is 0 Å². The van der Waals surface area contributed by atoms with Gasteiger partial charge in [0.15, 0.2) is 6.10 Å². The van der Waals surface area contributed by atoms with Crippen LogP contribution in [0.1, 0.15) is 111 Å². The van der Waals surface area contributed by atoms with E-state index in [-0.39, 0.29) is 101 Å². The monoisotopic (exact) mass is 1330 g/mol. The fourth-order valence-corrected chi connectivity index (χ4v) is 14.6. The SMILES string of the molecule is C/C=C1\NC(=O)[C@H]([C@@H](C)O)NC(=O)c2csc(n2)-c2cc(O)c(-c3nc(C(=O)NC(CNc4cccc(F)c4)C(N)=O)cs3)nc2-c2csc(n2)[C@@H]2CSC(=O)c3[nH]c4cccc(c4c3C)COC(=O)[C@H](O)C[C@H](NC(=O)c3csc1n3)c1nc(cs1)C(=O)N2. The van der Waals surface area contributed by atoms with Crippen LogP contribution in [0.2, 0.25) is 0 Å². The lowest BCUT2D eigenvalue weighted by atomic mass is 10.1. The number of pyridine rings is 1. The number of fused-ring (bicyclic) bond motifs is 13. The highest BCUT2D eigenvalue weighted by atomic mass is 32.2. The summed E-state index contributed by atoms with van der Waals surface area (Å²) in [6.45, 7) is 4.06. The largest absolute Gasteiger partial charge is 0.506 e. The predicted octanol–water partition coefficient (Wildman–Crippen LogP) is 5.99. The molecule has 462 valence electrons. The molecule has 0 radical (unpaired) electrons. The van der Waals surface area contributed by atoms with Crippen LogP contribution in [0.25, 0.3) is 49.3 Å². The number of aliphatic hydroxyl groups excluding tert-OH is 2. The molecule has 33 heteroatoms. The highest BCUT2D eigenvalue weighted by Crippen LogP contribution is 2.42. The van der Waals surface area contributed by atoms with E-state index in [1.165, 1.54) is 58.8 Å². The second kappa shape index (κ2) is 26.5. The van der Waals surface area contributed by atoms with E-state index >= 15 is 0 Å². The van der Waals surface area contributed by atoms with Gasteiger partial charge in [-0.1, -0.05) is 36.0 Å². The number of nitrogens with one attached hydrogen (secondary N) is 7. The zero-order chi connectivity index (χ0) is 63.7. The van der Waals surface area contributed by atoms with E-state index < -0.39 is 101 Å². The number of allylic oxidation sites excluding steroid dienone is 1. The quantitative estimate of drug-likeness (QED) is 0.0778. The first-order valence-corrected chi connectivity index (χ1v) is 32.4. The van der Waals surface area contributed by atoms with Crippen LogP contribution in [-0.4, -0.2) is 133 Å². The maximum Gasteiger partial charge on any atom is 0.335 e.